The first kappa shape index (κ1) is 30.6. The van der Waals surface area contributed by atoms with E-state index in [-0.39, 0.29) is 43.0 Å². The molecule has 1 saturated heterocycles. The molecule has 1 N–H and O–H groups in total. The molecule has 1 aromatic heterocycles. The standard InChI is InChI=1S/C26H28F3N5O7S/c1-38-18-6-4-17(5-7-18)15-30-24(35)21-16-33(22-14-23(39-2)32-25(31-22)40-3)12-13-34(21)42(36,37)20-10-8-19(9-11-20)41-26(27,28)29/h4-11,14,21H,12-13,15-16H2,1-3H3,(H,30,35). The normalized spacial score (nSPS) is 16.0. The third-order valence-corrected chi connectivity index (χ3v) is 8.23. The Bertz CT molecular complexity index is 1470. The number of carbonyl (C=O) groups excluding carboxylic acids is 1. The number of methoxy groups -OCH3 is 3. The molecule has 12 nitrogen and oxygen atoms in total. The summed E-state index contributed by atoms with van der Waals surface area (Å²) in [6.07, 6.45) is -4.93. The van der Waals surface area contributed by atoms with E-state index in [4.69, 9.17) is 14.2 Å². The van der Waals surface area contributed by atoms with E-state index in [0.717, 1.165) is 34.1 Å². The van der Waals surface area contributed by atoms with E-state index in [1.165, 1.54) is 27.4 Å². The number of nitrogens with one attached hydrogen (secondary N) is 1. The van der Waals surface area contributed by atoms with Crippen molar-refractivity contribution in [3.8, 4) is 23.4 Å². The molecule has 1 fully saturated rings. The molecule has 0 saturated carbocycles. The van der Waals surface area contributed by atoms with Gasteiger partial charge < -0.3 is 29.2 Å². The maximum atomic E-state index is 13.7. The number of carbonyl (C=O) groups is 1. The fourth-order valence-corrected chi connectivity index (χ4v) is 5.80. The molecule has 0 radical (unpaired) electrons. The molecule has 42 heavy (non-hydrogen) atoms. The monoisotopic (exact) mass is 611 g/mol. The molecule has 2 heterocycles. The number of amides is 1. The summed E-state index contributed by atoms with van der Waals surface area (Å²) in [4.78, 5) is 23.3. The highest BCUT2D eigenvalue weighted by Crippen LogP contribution is 2.29. The highest BCUT2D eigenvalue weighted by Gasteiger charge is 2.41. The van der Waals surface area contributed by atoms with Gasteiger partial charge in [-0.05, 0) is 42.0 Å². The van der Waals surface area contributed by atoms with Gasteiger partial charge in [0.1, 0.15) is 23.4 Å². The van der Waals surface area contributed by atoms with Crippen molar-refractivity contribution in [2.45, 2.75) is 23.8 Å². The van der Waals surface area contributed by atoms with E-state index in [0.29, 0.717) is 11.6 Å². The van der Waals surface area contributed by atoms with Crippen LogP contribution in [0.15, 0.2) is 59.5 Å². The van der Waals surface area contributed by atoms with Crippen LogP contribution in [0.25, 0.3) is 0 Å². The number of hydrogen-bond donors (Lipinski definition) is 1. The predicted molar refractivity (Wildman–Crippen MR) is 143 cm³/mol. The number of aromatic nitrogens is 2. The van der Waals surface area contributed by atoms with Crippen LogP contribution in [0.2, 0.25) is 0 Å². The van der Waals surface area contributed by atoms with E-state index < -0.39 is 34.1 Å². The van der Waals surface area contributed by atoms with Crippen LogP contribution in [0.5, 0.6) is 23.4 Å². The number of benzene rings is 2. The minimum atomic E-state index is -4.93. The number of nitrogens with zero attached hydrogens (tertiary/aromatic N) is 4. The summed E-state index contributed by atoms with van der Waals surface area (Å²) >= 11 is 0. The molecule has 1 amide bonds. The minimum Gasteiger partial charge on any atom is -0.497 e. The largest absolute Gasteiger partial charge is 0.573 e. The SMILES string of the molecule is COc1ccc(CNC(=O)C2CN(c3cc(OC)nc(OC)n3)CCN2S(=O)(=O)c2ccc(OC(F)(F)F)cc2)cc1. The summed E-state index contributed by atoms with van der Waals surface area (Å²) in [6.45, 7) is -0.0173. The molecule has 3 aromatic rings. The zero-order valence-corrected chi connectivity index (χ0v) is 23.6. The maximum absolute atomic E-state index is 13.7. The number of rotatable bonds is 10. The second-order valence-corrected chi connectivity index (χ2v) is 10.8. The second kappa shape index (κ2) is 12.7. The number of halogens is 3. The Hall–Kier alpha value is -4.31. The number of ether oxygens (including phenoxy) is 4. The Labute approximate surface area is 240 Å². The molecule has 1 aliphatic heterocycles. The first-order valence-electron chi connectivity index (χ1n) is 12.4. The molecule has 16 heteroatoms. The Morgan fingerprint density at radius 1 is 0.952 bits per heavy atom. The third-order valence-electron chi connectivity index (χ3n) is 6.31. The van der Waals surface area contributed by atoms with Crippen LogP contribution in [0.3, 0.4) is 0 Å². The van der Waals surface area contributed by atoms with Crippen LogP contribution in [-0.4, -0.2) is 82.0 Å². The second-order valence-electron chi connectivity index (χ2n) is 8.92. The predicted octanol–water partition coefficient (Wildman–Crippen LogP) is 2.60. The van der Waals surface area contributed by atoms with Crippen molar-refractivity contribution in [1.82, 2.24) is 19.6 Å². The van der Waals surface area contributed by atoms with Crippen LogP contribution in [0, 0.1) is 0 Å². The van der Waals surface area contributed by atoms with E-state index in [2.05, 4.69) is 20.0 Å². The Morgan fingerprint density at radius 2 is 1.62 bits per heavy atom. The van der Waals surface area contributed by atoms with E-state index in [9.17, 15) is 26.4 Å². The van der Waals surface area contributed by atoms with Crippen molar-refractivity contribution in [2.75, 3.05) is 45.9 Å². The van der Waals surface area contributed by atoms with Gasteiger partial charge in [0.25, 0.3) is 0 Å². The Balaban J connectivity index is 1.62. The molecule has 0 spiro atoms. The Morgan fingerprint density at radius 3 is 2.21 bits per heavy atom. The van der Waals surface area contributed by atoms with Crippen LogP contribution >= 0.6 is 0 Å². The van der Waals surface area contributed by atoms with Gasteiger partial charge in [0, 0.05) is 32.2 Å². The number of alkyl halides is 3. The first-order chi connectivity index (χ1) is 19.9. The van der Waals surface area contributed by atoms with Crippen molar-refractivity contribution in [3.63, 3.8) is 0 Å². The number of hydrogen-bond acceptors (Lipinski definition) is 10. The van der Waals surface area contributed by atoms with Gasteiger partial charge in [-0.15, -0.1) is 13.2 Å². The summed E-state index contributed by atoms with van der Waals surface area (Å²) in [5, 5.41) is 2.77. The van der Waals surface area contributed by atoms with Crippen molar-refractivity contribution < 1.29 is 45.3 Å². The number of sulfonamides is 1. The third kappa shape index (κ3) is 7.30. The highest BCUT2D eigenvalue weighted by molar-refractivity contribution is 7.89. The zero-order valence-electron chi connectivity index (χ0n) is 22.8. The number of anilines is 1. The quantitative estimate of drug-likeness (QED) is 0.365. The van der Waals surface area contributed by atoms with Crippen LogP contribution in [0.1, 0.15) is 5.56 Å². The summed E-state index contributed by atoms with van der Waals surface area (Å²) < 4.78 is 85.4. The molecule has 1 unspecified atom stereocenters. The van der Waals surface area contributed by atoms with Crippen molar-refractivity contribution >= 4 is 21.7 Å². The lowest BCUT2D eigenvalue weighted by atomic mass is 10.1. The minimum absolute atomic E-state index is 0.0149. The summed E-state index contributed by atoms with van der Waals surface area (Å²) in [6, 6.07) is 11.1. The zero-order chi connectivity index (χ0) is 30.5. The molecule has 226 valence electrons. The van der Waals surface area contributed by atoms with Gasteiger partial charge in [-0.1, -0.05) is 12.1 Å². The van der Waals surface area contributed by atoms with Crippen molar-refractivity contribution in [3.05, 3.63) is 60.2 Å². The molecular formula is C26H28F3N5O7S. The first-order valence-corrected chi connectivity index (χ1v) is 13.9. The van der Waals surface area contributed by atoms with Gasteiger partial charge in [0.15, 0.2) is 0 Å². The van der Waals surface area contributed by atoms with Crippen LogP contribution in [-0.2, 0) is 21.4 Å². The molecule has 1 atom stereocenters. The van der Waals surface area contributed by atoms with Gasteiger partial charge in [0.05, 0.1) is 26.2 Å². The molecular weight excluding hydrogens is 583 g/mol. The molecule has 0 aliphatic carbocycles. The smallest absolute Gasteiger partial charge is 0.497 e. The van der Waals surface area contributed by atoms with E-state index in [1.807, 2.05) is 0 Å². The van der Waals surface area contributed by atoms with Gasteiger partial charge in [-0.25, -0.2) is 8.42 Å². The highest BCUT2D eigenvalue weighted by atomic mass is 32.2. The average molecular weight is 612 g/mol. The van der Waals surface area contributed by atoms with Gasteiger partial charge in [-0.3, -0.25) is 4.79 Å². The topological polar surface area (TPSA) is 132 Å². The average Bonchev–Trinajstić information content (AvgIpc) is 2.98. The molecule has 0 bridgehead atoms. The summed E-state index contributed by atoms with van der Waals surface area (Å²) in [7, 11) is -0.00973. The van der Waals surface area contributed by atoms with Gasteiger partial charge in [-0.2, -0.15) is 14.3 Å². The lowest BCUT2D eigenvalue weighted by molar-refractivity contribution is -0.274. The number of piperazine rings is 1. The molecule has 2 aromatic carbocycles. The van der Waals surface area contributed by atoms with Crippen molar-refractivity contribution in [1.29, 1.82) is 0 Å². The molecule has 4 rings (SSSR count). The van der Waals surface area contributed by atoms with E-state index >= 15 is 0 Å². The molecule has 1 aliphatic rings. The summed E-state index contributed by atoms with van der Waals surface area (Å²) in [5.74, 6) is 0.00868. The van der Waals surface area contributed by atoms with Gasteiger partial charge >= 0.3 is 12.4 Å². The van der Waals surface area contributed by atoms with Crippen LogP contribution < -0.4 is 29.2 Å². The lowest BCUT2D eigenvalue weighted by Crippen LogP contribution is -2.60. The fourth-order valence-electron chi connectivity index (χ4n) is 4.22. The van der Waals surface area contributed by atoms with E-state index in [1.54, 1.807) is 29.2 Å². The van der Waals surface area contributed by atoms with Gasteiger partial charge in [0.2, 0.25) is 21.8 Å². The summed E-state index contributed by atoms with van der Waals surface area (Å²) in [5.41, 5.74) is 0.747. The lowest BCUT2D eigenvalue weighted by Gasteiger charge is -2.40. The van der Waals surface area contributed by atoms with Crippen molar-refractivity contribution in [2.24, 2.45) is 0 Å². The maximum Gasteiger partial charge on any atom is 0.573 e. The Kier molecular flexibility index (Phi) is 9.26. The van der Waals surface area contributed by atoms with Crippen LogP contribution in [0.4, 0.5) is 19.0 Å². The fraction of sp³-hybridized carbons (Fsp3) is 0.346.